The standard InChI is InChI=1S/C9H16O/c1-2-3-4-5-6-7-8-9-10/h3-4,7-8,10H,2,5-6,9H2,1H3/b4-3-,8-7+. The molecule has 0 aromatic heterocycles. The molecule has 0 aliphatic rings. The Bertz CT molecular complexity index is 89.3. The van der Waals surface area contributed by atoms with Gasteiger partial charge < -0.3 is 5.11 Å². The lowest BCUT2D eigenvalue weighted by Gasteiger charge is -1.84. The molecule has 0 bridgehead atoms. The zero-order valence-corrected chi connectivity index (χ0v) is 6.59. The Kier molecular flexibility index (Phi) is 7.97. The molecule has 0 heterocycles. The predicted octanol–water partition coefficient (Wildman–Crippen LogP) is 2.28. The van der Waals surface area contributed by atoms with Gasteiger partial charge in [0.25, 0.3) is 0 Å². The monoisotopic (exact) mass is 140 g/mol. The first-order valence-corrected chi connectivity index (χ1v) is 3.82. The highest BCUT2D eigenvalue weighted by atomic mass is 16.2. The van der Waals surface area contributed by atoms with E-state index >= 15 is 0 Å². The molecule has 0 atom stereocenters. The molecule has 58 valence electrons. The summed E-state index contributed by atoms with van der Waals surface area (Å²) >= 11 is 0. The molecule has 0 unspecified atom stereocenters. The average Bonchev–Trinajstić information content (AvgIpc) is 1.97. The van der Waals surface area contributed by atoms with E-state index in [1.165, 1.54) is 0 Å². The van der Waals surface area contributed by atoms with Crippen molar-refractivity contribution in [1.82, 2.24) is 0 Å². The summed E-state index contributed by atoms with van der Waals surface area (Å²) in [6.07, 6.45) is 11.3. The molecule has 0 rings (SSSR count). The summed E-state index contributed by atoms with van der Waals surface area (Å²) in [5.74, 6) is 0. The van der Waals surface area contributed by atoms with E-state index < -0.39 is 0 Å². The van der Waals surface area contributed by atoms with Crippen LogP contribution in [0.5, 0.6) is 0 Å². The van der Waals surface area contributed by atoms with Crippen molar-refractivity contribution in [1.29, 1.82) is 0 Å². The Labute approximate surface area is 63.1 Å². The molecular weight excluding hydrogens is 124 g/mol. The minimum Gasteiger partial charge on any atom is -0.392 e. The summed E-state index contributed by atoms with van der Waals surface area (Å²) < 4.78 is 0. The predicted molar refractivity (Wildman–Crippen MR) is 44.9 cm³/mol. The Morgan fingerprint density at radius 1 is 1.00 bits per heavy atom. The summed E-state index contributed by atoms with van der Waals surface area (Å²) in [6, 6.07) is 0. The van der Waals surface area contributed by atoms with E-state index in [0.717, 1.165) is 19.3 Å². The number of rotatable bonds is 5. The van der Waals surface area contributed by atoms with Crippen molar-refractivity contribution >= 4 is 0 Å². The first kappa shape index (κ1) is 9.44. The molecule has 0 fully saturated rings. The normalized spacial score (nSPS) is 11.8. The largest absolute Gasteiger partial charge is 0.392 e. The van der Waals surface area contributed by atoms with Gasteiger partial charge in [-0.05, 0) is 19.3 Å². The third-order valence-electron chi connectivity index (χ3n) is 1.17. The van der Waals surface area contributed by atoms with Crippen molar-refractivity contribution in [3.63, 3.8) is 0 Å². The van der Waals surface area contributed by atoms with E-state index in [1.54, 1.807) is 6.08 Å². The highest BCUT2D eigenvalue weighted by molar-refractivity contribution is 4.87. The highest BCUT2D eigenvalue weighted by Gasteiger charge is 1.74. The van der Waals surface area contributed by atoms with Gasteiger partial charge in [-0.15, -0.1) is 0 Å². The van der Waals surface area contributed by atoms with Gasteiger partial charge in [0.15, 0.2) is 0 Å². The Hall–Kier alpha value is -0.560. The number of unbranched alkanes of at least 4 members (excludes halogenated alkanes) is 1. The Morgan fingerprint density at radius 3 is 2.10 bits per heavy atom. The van der Waals surface area contributed by atoms with Crippen LogP contribution in [0.2, 0.25) is 0 Å². The van der Waals surface area contributed by atoms with E-state index in [9.17, 15) is 0 Å². The molecule has 0 saturated heterocycles. The van der Waals surface area contributed by atoms with Crippen LogP contribution in [-0.4, -0.2) is 11.7 Å². The second kappa shape index (κ2) is 8.44. The molecule has 0 amide bonds. The molecular formula is C9H16O. The molecule has 0 aromatic carbocycles. The van der Waals surface area contributed by atoms with Gasteiger partial charge in [-0.25, -0.2) is 0 Å². The van der Waals surface area contributed by atoms with Gasteiger partial charge in [-0.3, -0.25) is 0 Å². The molecule has 0 aromatic rings. The van der Waals surface area contributed by atoms with Crippen molar-refractivity contribution in [2.45, 2.75) is 26.2 Å². The van der Waals surface area contributed by atoms with Gasteiger partial charge in [0.05, 0.1) is 6.61 Å². The number of hydrogen-bond donors (Lipinski definition) is 1. The average molecular weight is 140 g/mol. The van der Waals surface area contributed by atoms with E-state index in [0.29, 0.717) is 0 Å². The Morgan fingerprint density at radius 2 is 1.60 bits per heavy atom. The fourth-order valence-corrected chi connectivity index (χ4v) is 0.669. The third kappa shape index (κ3) is 7.44. The molecule has 0 aliphatic heterocycles. The van der Waals surface area contributed by atoms with Crippen LogP contribution in [0.15, 0.2) is 24.3 Å². The molecule has 0 aliphatic carbocycles. The Balaban J connectivity index is 3.04. The van der Waals surface area contributed by atoms with Gasteiger partial charge in [-0.1, -0.05) is 31.2 Å². The zero-order valence-electron chi connectivity index (χ0n) is 6.59. The van der Waals surface area contributed by atoms with Crippen LogP contribution >= 0.6 is 0 Å². The fraction of sp³-hybridized carbons (Fsp3) is 0.556. The first-order chi connectivity index (χ1) is 4.91. The topological polar surface area (TPSA) is 20.2 Å². The maximum absolute atomic E-state index is 8.36. The maximum atomic E-state index is 8.36. The molecule has 0 saturated carbocycles. The summed E-state index contributed by atoms with van der Waals surface area (Å²) in [5, 5.41) is 8.36. The number of aliphatic hydroxyl groups excluding tert-OH is 1. The van der Waals surface area contributed by atoms with Gasteiger partial charge >= 0.3 is 0 Å². The first-order valence-electron chi connectivity index (χ1n) is 3.82. The summed E-state index contributed by atoms with van der Waals surface area (Å²) in [6.45, 7) is 2.29. The fourth-order valence-electron chi connectivity index (χ4n) is 0.669. The second-order valence-electron chi connectivity index (χ2n) is 2.11. The molecule has 1 heteroatoms. The summed E-state index contributed by atoms with van der Waals surface area (Å²) in [7, 11) is 0. The lowest BCUT2D eigenvalue weighted by molar-refractivity contribution is 0.342. The van der Waals surface area contributed by atoms with Gasteiger partial charge in [0.2, 0.25) is 0 Å². The number of hydrogen-bond acceptors (Lipinski definition) is 1. The van der Waals surface area contributed by atoms with Crippen LogP contribution in [0.1, 0.15) is 26.2 Å². The van der Waals surface area contributed by atoms with Crippen LogP contribution in [-0.2, 0) is 0 Å². The van der Waals surface area contributed by atoms with Crippen LogP contribution in [0, 0.1) is 0 Å². The van der Waals surface area contributed by atoms with Crippen molar-refractivity contribution in [2.75, 3.05) is 6.61 Å². The lowest BCUT2D eigenvalue weighted by atomic mass is 10.2. The lowest BCUT2D eigenvalue weighted by Crippen LogP contribution is -1.70. The van der Waals surface area contributed by atoms with Crippen LogP contribution in [0.3, 0.4) is 0 Å². The SMILES string of the molecule is CC/C=C\CC/C=C/CO. The van der Waals surface area contributed by atoms with Crippen LogP contribution in [0.4, 0.5) is 0 Å². The van der Waals surface area contributed by atoms with E-state index in [1.807, 2.05) is 6.08 Å². The minimum absolute atomic E-state index is 0.164. The van der Waals surface area contributed by atoms with Crippen molar-refractivity contribution in [2.24, 2.45) is 0 Å². The molecule has 1 nitrogen and oxygen atoms in total. The highest BCUT2D eigenvalue weighted by Crippen LogP contribution is 1.93. The zero-order chi connectivity index (χ0) is 7.66. The van der Waals surface area contributed by atoms with Crippen molar-refractivity contribution < 1.29 is 5.11 Å². The number of aliphatic hydroxyl groups is 1. The molecule has 0 spiro atoms. The molecule has 1 N–H and O–H groups in total. The van der Waals surface area contributed by atoms with Crippen LogP contribution in [0.25, 0.3) is 0 Å². The second-order valence-corrected chi connectivity index (χ2v) is 2.11. The molecule has 0 radical (unpaired) electrons. The van der Waals surface area contributed by atoms with Crippen molar-refractivity contribution in [3.05, 3.63) is 24.3 Å². The van der Waals surface area contributed by atoms with Crippen molar-refractivity contribution in [3.8, 4) is 0 Å². The molecule has 10 heavy (non-hydrogen) atoms. The van der Waals surface area contributed by atoms with E-state index in [2.05, 4.69) is 19.1 Å². The minimum atomic E-state index is 0.164. The summed E-state index contributed by atoms with van der Waals surface area (Å²) in [4.78, 5) is 0. The summed E-state index contributed by atoms with van der Waals surface area (Å²) in [5.41, 5.74) is 0. The third-order valence-corrected chi connectivity index (χ3v) is 1.17. The smallest absolute Gasteiger partial charge is 0.0612 e. The van der Waals surface area contributed by atoms with Gasteiger partial charge in [-0.2, -0.15) is 0 Å². The van der Waals surface area contributed by atoms with E-state index in [-0.39, 0.29) is 6.61 Å². The quantitative estimate of drug-likeness (QED) is 0.459. The van der Waals surface area contributed by atoms with Gasteiger partial charge in [0.1, 0.15) is 0 Å². The number of allylic oxidation sites excluding steroid dienone is 3. The van der Waals surface area contributed by atoms with E-state index in [4.69, 9.17) is 5.11 Å². The van der Waals surface area contributed by atoms with Gasteiger partial charge in [0, 0.05) is 0 Å². The maximum Gasteiger partial charge on any atom is 0.0612 e. The van der Waals surface area contributed by atoms with Crippen LogP contribution < -0.4 is 0 Å².